The van der Waals surface area contributed by atoms with Crippen molar-refractivity contribution in [1.29, 1.82) is 0 Å². The first-order valence-electron chi connectivity index (χ1n) is 10.1. The van der Waals surface area contributed by atoms with Gasteiger partial charge in [0.1, 0.15) is 11.5 Å². The molecule has 0 N–H and O–H groups in total. The van der Waals surface area contributed by atoms with Crippen molar-refractivity contribution in [2.45, 2.75) is 25.2 Å². The summed E-state index contributed by atoms with van der Waals surface area (Å²) in [5.74, 6) is -22.2. The van der Waals surface area contributed by atoms with Crippen LogP contribution in [0.3, 0.4) is 0 Å². The summed E-state index contributed by atoms with van der Waals surface area (Å²) in [7, 11) is 0. The second-order valence-electron chi connectivity index (χ2n) is 7.20. The quantitative estimate of drug-likeness (QED) is 0.122. The molecule has 0 saturated heterocycles. The molecular weight excluding hydrogens is 578 g/mol. The van der Waals surface area contributed by atoms with E-state index in [2.05, 4.69) is 14.2 Å². The maximum atomic E-state index is 13.6. The SMILES string of the molecule is Fc1cc(OCCC(=CC(F)(F)F)OC(=CC(F)(F)F)CCOc2cc(F)c(F)c(F)c2F)c(F)c(F)c1F. The predicted molar refractivity (Wildman–Crippen MR) is 102 cm³/mol. The van der Waals surface area contributed by atoms with Crippen LogP contribution < -0.4 is 9.47 Å². The van der Waals surface area contributed by atoms with Crippen molar-refractivity contribution in [2.75, 3.05) is 13.2 Å². The molecule has 0 aromatic heterocycles. The highest BCUT2D eigenvalue weighted by atomic mass is 19.4. The Labute approximate surface area is 208 Å². The van der Waals surface area contributed by atoms with Gasteiger partial charge >= 0.3 is 12.4 Å². The maximum Gasteiger partial charge on any atom is 0.412 e. The molecule has 0 aliphatic carbocycles. The van der Waals surface area contributed by atoms with Gasteiger partial charge in [-0.3, -0.25) is 0 Å². The normalized spacial score (nSPS) is 13.1. The van der Waals surface area contributed by atoms with E-state index in [-0.39, 0.29) is 12.1 Å². The molecule has 0 bridgehead atoms. The Balaban J connectivity index is 2.20. The monoisotopic (exact) mass is 590 g/mol. The first-order chi connectivity index (χ1) is 17.9. The summed E-state index contributed by atoms with van der Waals surface area (Å²) in [6, 6.07) is 0.0443. The van der Waals surface area contributed by atoms with Gasteiger partial charge in [0.25, 0.3) is 0 Å². The summed E-state index contributed by atoms with van der Waals surface area (Å²) in [4.78, 5) is 0. The molecule has 0 amide bonds. The lowest BCUT2D eigenvalue weighted by Gasteiger charge is -2.17. The van der Waals surface area contributed by atoms with E-state index in [0.717, 1.165) is 0 Å². The molecule has 216 valence electrons. The topological polar surface area (TPSA) is 27.7 Å². The number of allylic oxidation sites excluding steroid dienone is 2. The van der Waals surface area contributed by atoms with Crippen LogP contribution in [0.25, 0.3) is 0 Å². The van der Waals surface area contributed by atoms with Crippen LogP contribution in [0.1, 0.15) is 12.8 Å². The number of hydrogen-bond donors (Lipinski definition) is 0. The van der Waals surface area contributed by atoms with Gasteiger partial charge in [-0.2, -0.15) is 35.1 Å². The van der Waals surface area contributed by atoms with E-state index < -0.39 is 120 Å². The zero-order valence-corrected chi connectivity index (χ0v) is 18.7. The molecule has 0 unspecified atom stereocenters. The summed E-state index contributed by atoms with van der Waals surface area (Å²) >= 11 is 0. The van der Waals surface area contributed by atoms with Gasteiger partial charge in [-0.05, 0) is 0 Å². The van der Waals surface area contributed by atoms with Crippen LogP contribution in [0.15, 0.2) is 35.8 Å². The molecule has 2 aromatic rings. The minimum atomic E-state index is -5.21. The fourth-order valence-electron chi connectivity index (χ4n) is 2.67. The van der Waals surface area contributed by atoms with Gasteiger partial charge in [0.15, 0.2) is 34.8 Å². The van der Waals surface area contributed by atoms with Crippen molar-refractivity contribution in [3.05, 3.63) is 82.3 Å². The average Bonchev–Trinajstić information content (AvgIpc) is 2.80. The van der Waals surface area contributed by atoms with E-state index in [1.54, 1.807) is 0 Å². The molecule has 17 heteroatoms. The van der Waals surface area contributed by atoms with Gasteiger partial charge in [-0.25, -0.2) is 26.3 Å². The molecule has 0 aliphatic heterocycles. The second kappa shape index (κ2) is 12.5. The van der Waals surface area contributed by atoms with Gasteiger partial charge in [-0.15, -0.1) is 0 Å². The van der Waals surface area contributed by atoms with E-state index >= 15 is 0 Å². The lowest BCUT2D eigenvalue weighted by molar-refractivity contribution is -0.0843. The molecule has 2 aromatic carbocycles. The van der Waals surface area contributed by atoms with Crippen molar-refractivity contribution in [2.24, 2.45) is 0 Å². The highest BCUT2D eigenvalue weighted by Gasteiger charge is 2.29. The van der Waals surface area contributed by atoms with E-state index in [9.17, 15) is 61.5 Å². The molecule has 0 fully saturated rings. The van der Waals surface area contributed by atoms with Crippen LogP contribution in [-0.4, -0.2) is 25.6 Å². The second-order valence-corrected chi connectivity index (χ2v) is 7.20. The summed E-state index contributed by atoms with van der Waals surface area (Å²) in [5.41, 5.74) is 0. The maximum absolute atomic E-state index is 13.6. The molecule has 0 spiro atoms. The standard InChI is InChI=1S/C22H12F14O3/c23-11-5-13(17(27)19(29)15(11)25)37-3-1-9(7-21(31,32)33)39-10(8-22(34,35)36)2-4-38-14-6-12(24)16(26)20(30)18(14)28/h5-8H,1-4H2. The van der Waals surface area contributed by atoms with Crippen LogP contribution in [0, 0.1) is 46.5 Å². The van der Waals surface area contributed by atoms with Gasteiger partial charge in [0.05, 0.1) is 25.4 Å². The van der Waals surface area contributed by atoms with E-state index in [0.29, 0.717) is 0 Å². The minimum Gasteiger partial charge on any atom is -0.490 e. The highest BCUT2D eigenvalue weighted by Crippen LogP contribution is 2.29. The zero-order chi connectivity index (χ0) is 29.7. The average molecular weight is 590 g/mol. The van der Waals surface area contributed by atoms with Crippen LogP contribution in [0.5, 0.6) is 11.5 Å². The number of ether oxygens (including phenoxy) is 3. The van der Waals surface area contributed by atoms with Crippen molar-refractivity contribution >= 4 is 0 Å². The third-order valence-corrected chi connectivity index (χ3v) is 4.26. The van der Waals surface area contributed by atoms with Crippen molar-refractivity contribution in [3.8, 4) is 11.5 Å². The molecule has 3 nitrogen and oxygen atoms in total. The molecule has 0 radical (unpaired) electrons. The lowest BCUT2D eigenvalue weighted by atomic mass is 10.2. The summed E-state index contributed by atoms with van der Waals surface area (Å²) in [6.07, 6.45) is -13.9. The van der Waals surface area contributed by atoms with E-state index in [1.165, 1.54) is 0 Å². The Morgan fingerprint density at radius 3 is 1.18 bits per heavy atom. The van der Waals surface area contributed by atoms with Gasteiger partial charge in [-0.1, -0.05) is 0 Å². The zero-order valence-electron chi connectivity index (χ0n) is 18.7. The van der Waals surface area contributed by atoms with Gasteiger partial charge in [0.2, 0.25) is 23.3 Å². The molecule has 0 atom stereocenters. The summed E-state index contributed by atoms with van der Waals surface area (Å²) in [5, 5.41) is 0. The lowest BCUT2D eigenvalue weighted by Crippen LogP contribution is -2.13. The van der Waals surface area contributed by atoms with Gasteiger partial charge < -0.3 is 14.2 Å². The molecule has 0 saturated carbocycles. The fourth-order valence-corrected chi connectivity index (χ4v) is 2.67. The summed E-state index contributed by atoms with van der Waals surface area (Å²) < 4.78 is 197. The highest BCUT2D eigenvalue weighted by molar-refractivity contribution is 5.28. The number of hydrogen-bond acceptors (Lipinski definition) is 3. The largest absolute Gasteiger partial charge is 0.490 e. The Morgan fingerprint density at radius 2 is 0.872 bits per heavy atom. The van der Waals surface area contributed by atoms with Crippen LogP contribution in [-0.2, 0) is 4.74 Å². The molecular formula is C22H12F14O3. The summed E-state index contributed by atoms with van der Waals surface area (Å²) in [6.45, 7) is -2.17. The first-order valence-corrected chi connectivity index (χ1v) is 10.1. The Kier molecular flexibility index (Phi) is 10.1. The minimum absolute atomic E-state index is 0.0221. The van der Waals surface area contributed by atoms with Crippen LogP contribution in [0.4, 0.5) is 61.5 Å². The third kappa shape index (κ3) is 9.24. The predicted octanol–water partition coefficient (Wildman–Crippen LogP) is 7.95. The number of halogens is 14. The van der Waals surface area contributed by atoms with Gasteiger partial charge in [0, 0.05) is 25.0 Å². The third-order valence-electron chi connectivity index (χ3n) is 4.26. The number of rotatable bonds is 10. The van der Waals surface area contributed by atoms with Crippen molar-refractivity contribution < 1.29 is 75.7 Å². The number of alkyl halides is 6. The Bertz CT molecular complexity index is 1150. The van der Waals surface area contributed by atoms with Crippen LogP contribution >= 0.6 is 0 Å². The fraction of sp³-hybridized carbons (Fsp3) is 0.273. The Morgan fingerprint density at radius 1 is 0.538 bits per heavy atom. The molecule has 2 rings (SSSR count). The first kappa shape index (κ1) is 31.6. The molecule has 0 heterocycles. The molecule has 39 heavy (non-hydrogen) atoms. The van der Waals surface area contributed by atoms with Crippen LogP contribution in [0.2, 0.25) is 0 Å². The molecule has 0 aliphatic rings. The van der Waals surface area contributed by atoms with E-state index in [1.807, 2.05) is 0 Å². The van der Waals surface area contributed by atoms with Crippen molar-refractivity contribution in [3.63, 3.8) is 0 Å². The van der Waals surface area contributed by atoms with E-state index in [4.69, 9.17) is 0 Å². The smallest absolute Gasteiger partial charge is 0.412 e. The Hall–Kier alpha value is -3.66. The van der Waals surface area contributed by atoms with Crippen molar-refractivity contribution in [1.82, 2.24) is 0 Å². The number of benzene rings is 2.